The molecule has 0 bridgehead atoms. The maximum absolute atomic E-state index is 10.5. The highest BCUT2D eigenvalue weighted by Gasteiger charge is 2.03. The SMILES string of the molecule is O=Cc1ccc(-n2cncn2)c(Cl)c1. The van der Waals surface area contributed by atoms with Crippen LogP contribution in [-0.2, 0) is 0 Å². The first-order valence-corrected chi connectivity index (χ1v) is 4.29. The molecule has 0 aliphatic carbocycles. The van der Waals surface area contributed by atoms with Crippen molar-refractivity contribution < 1.29 is 4.79 Å². The standard InChI is InChI=1S/C9H6ClN3O/c10-8-3-7(4-14)1-2-9(8)13-6-11-5-12-13/h1-6H. The van der Waals surface area contributed by atoms with Gasteiger partial charge in [0.2, 0.25) is 0 Å². The van der Waals surface area contributed by atoms with E-state index in [1.54, 1.807) is 24.5 Å². The highest BCUT2D eigenvalue weighted by atomic mass is 35.5. The zero-order valence-electron chi connectivity index (χ0n) is 7.09. The third-order valence-electron chi connectivity index (χ3n) is 1.77. The van der Waals surface area contributed by atoms with Crippen LogP contribution in [0.2, 0.25) is 5.02 Å². The first-order valence-electron chi connectivity index (χ1n) is 3.91. The fourth-order valence-corrected chi connectivity index (χ4v) is 1.39. The van der Waals surface area contributed by atoms with Crippen molar-refractivity contribution in [3.05, 3.63) is 41.4 Å². The first-order chi connectivity index (χ1) is 6.81. The van der Waals surface area contributed by atoms with Crippen molar-refractivity contribution in [1.29, 1.82) is 0 Å². The number of aldehydes is 1. The molecule has 0 atom stereocenters. The summed E-state index contributed by atoms with van der Waals surface area (Å²) >= 11 is 5.95. The van der Waals surface area contributed by atoms with Gasteiger partial charge in [-0.05, 0) is 18.2 Å². The van der Waals surface area contributed by atoms with Crippen LogP contribution in [0.5, 0.6) is 0 Å². The Bertz CT molecular complexity index is 453. The van der Waals surface area contributed by atoms with Crippen LogP contribution in [0.3, 0.4) is 0 Å². The highest BCUT2D eigenvalue weighted by Crippen LogP contribution is 2.19. The van der Waals surface area contributed by atoms with E-state index >= 15 is 0 Å². The van der Waals surface area contributed by atoms with Crippen LogP contribution in [-0.4, -0.2) is 21.1 Å². The molecule has 4 nitrogen and oxygen atoms in total. The molecule has 5 heteroatoms. The second-order valence-corrected chi connectivity index (χ2v) is 3.08. The first kappa shape index (κ1) is 8.90. The Hall–Kier alpha value is -1.68. The molecule has 0 amide bonds. The Morgan fingerprint density at radius 1 is 1.43 bits per heavy atom. The summed E-state index contributed by atoms with van der Waals surface area (Å²) in [6.45, 7) is 0. The molecule has 0 aliphatic rings. The van der Waals surface area contributed by atoms with Crippen LogP contribution in [0.15, 0.2) is 30.9 Å². The lowest BCUT2D eigenvalue weighted by Gasteiger charge is -2.02. The van der Waals surface area contributed by atoms with Crippen molar-refractivity contribution in [3.63, 3.8) is 0 Å². The second-order valence-electron chi connectivity index (χ2n) is 2.67. The van der Waals surface area contributed by atoms with Gasteiger partial charge in [0.05, 0.1) is 10.7 Å². The van der Waals surface area contributed by atoms with Crippen molar-refractivity contribution in [2.24, 2.45) is 0 Å². The number of benzene rings is 1. The van der Waals surface area contributed by atoms with Gasteiger partial charge < -0.3 is 0 Å². The van der Waals surface area contributed by atoms with Crippen molar-refractivity contribution >= 4 is 17.9 Å². The van der Waals surface area contributed by atoms with Gasteiger partial charge in [-0.25, -0.2) is 9.67 Å². The third-order valence-corrected chi connectivity index (χ3v) is 2.08. The molecule has 0 N–H and O–H groups in total. The van der Waals surface area contributed by atoms with Gasteiger partial charge in [0.15, 0.2) is 0 Å². The van der Waals surface area contributed by atoms with Gasteiger partial charge in [-0.15, -0.1) is 0 Å². The molecule has 0 radical (unpaired) electrons. The summed E-state index contributed by atoms with van der Waals surface area (Å²) in [7, 11) is 0. The predicted octanol–water partition coefficient (Wildman–Crippen LogP) is 1.73. The molecule has 1 heterocycles. The van der Waals surface area contributed by atoms with Crippen LogP contribution in [0.1, 0.15) is 10.4 Å². The van der Waals surface area contributed by atoms with Gasteiger partial charge in [0.1, 0.15) is 18.9 Å². The van der Waals surface area contributed by atoms with E-state index in [1.165, 1.54) is 11.0 Å². The minimum Gasteiger partial charge on any atom is -0.298 e. The summed E-state index contributed by atoms with van der Waals surface area (Å²) in [6.07, 6.45) is 3.71. The van der Waals surface area contributed by atoms with E-state index in [4.69, 9.17) is 11.6 Å². The summed E-state index contributed by atoms with van der Waals surface area (Å²) in [5, 5.41) is 4.41. The van der Waals surface area contributed by atoms with E-state index in [0.717, 1.165) is 6.29 Å². The number of nitrogens with zero attached hydrogens (tertiary/aromatic N) is 3. The summed E-state index contributed by atoms with van der Waals surface area (Å²) < 4.78 is 1.54. The summed E-state index contributed by atoms with van der Waals surface area (Å²) in [5.74, 6) is 0. The van der Waals surface area contributed by atoms with Gasteiger partial charge in [0, 0.05) is 5.56 Å². The highest BCUT2D eigenvalue weighted by molar-refractivity contribution is 6.32. The van der Waals surface area contributed by atoms with Gasteiger partial charge in [-0.1, -0.05) is 11.6 Å². The Labute approximate surface area is 85.1 Å². The Morgan fingerprint density at radius 2 is 2.29 bits per heavy atom. The molecular weight excluding hydrogens is 202 g/mol. The molecular formula is C9H6ClN3O. The zero-order chi connectivity index (χ0) is 9.97. The molecule has 0 saturated carbocycles. The van der Waals surface area contributed by atoms with Crippen LogP contribution in [0, 0.1) is 0 Å². The lowest BCUT2D eigenvalue weighted by atomic mass is 10.2. The fourth-order valence-electron chi connectivity index (χ4n) is 1.11. The van der Waals surface area contributed by atoms with Gasteiger partial charge in [-0.3, -0.25) is 4.79 Å². The number of hydrogen-bond donors (Lipinski definition) is 0. The van der Waals surface area contributed by atoms with E-state index in [2.05, 4.69) is 10.1 Å². The number of halogens is 1. The summed E-state index contributed by atoms with van der Waals surface area (Å²) in [5.41, 5.74) is 1.24. The minimum atomic E-state index is 0.472. The number of carbonyl (C=O) groups is 1. The smallest absolute Gasteiger partial charge is 0.150 e. The van der Waals surface area contributed by atoms with Crippen molar-refractivity contribution in [2.75, 3.05) is 0 Å². The molecule has 1 aromatic heterocycles. The molecule has 2 rings (SSSR count). The topological polar surface area (TPSA) is 47.8 Å². The molecule has 1 aromatic carbocycles. The fraction of sp³-hybridized carbons (Fsp3) is 0. The molecule has 70 valence electrons. The monoisotopic (exact) mass is 207 g/mol. The van der Waals surface area contributed by atoms with Crippen LogP contribution < -0.4 is 0 Å². The number of aromatic nitrogens is 3. The van der Waals surface area contributed by atoms with Crippen LogP contribution >= 0.6 is 11.6 Å². The van der Waals surface area contributed by atoms with E-state index in [9.17, 15) is 4.79 Å². The maximum atomic E-state index is 10.5. The number of rotatable bonds is 2. The second kappa shape index (κ2) is 3.59. The summed E-state index contributed by atoms with van der Waals surface area (Å²) in [4.78, 5) is 14.3. The van der Waals surface area contributed by atoms with Gasteiger partial charge >= 0.3 is 0 Å². The Kier molecular flexibility index (Phi) is 2.28. The average molecular weight is 208 g/mol. The Morgan fingerprint density at radius 3 is 2.86 bits per heavy atom. The molecule has 14 heavy (non-hydrogen) atoms. The predicted molar refractivity (Wildman–Crippen MR) is 51.8 cm³/mol. The summed E-state index contributed by atoms with van der Waals surface area (Å²) in [6, 6.07) is 4.99. The third kappa shape index (κ3) is 1.52. The van der Waals surface area contributed by atoms with Crippen LogP contribution in [0.4, 0.5) is 0 Å². The molecule has 2 aromatic rings. The molecule has 0 fully saturated rings. The number of carbonyl (C=O) groups excluding carboxylic acids is 1. The van der Waals surface area contributed by atoms with E-state index < -0.39 is 0 Å². The van der Waals surface area contributed by atoms with E-state index in [1.807, 2.05) is 0 Å². The quantitative estimate of drug-likeness (QED) is 0.705. The van der Waals surface area contributed by atoms with Crippen LogP contribution in [0.25, 0.3) is 5.69 Å². The normalized spacial score (nSPS) is 10.1. The number of hydrogen-bond acceptors (Lipinski definition) is 3. The van der Waals surface area contributed by atoms with E-state index in [0.29, 0.717) is 16.3 Å². The van der Waals surface area contributed by atoms with Crippen molar-refractivity contribution in [1.82, 2.24) is 14.8 Å². The molecule has 0 aliphatic heterocycles. The Balaban J connectivity index is 2.51. The molecule has 0 saturated heterocycles. The van der Waals surface area contributed by atoms with Gasteiger partial charge in [-0.2, -0.15) is 5.10 Å². The maximum Gasteiger partial charge on any atom is 0.150 e. The largest absolute Gasteiger partial charge is 0.298 e. The molecule has 0 spiro atoms. The average Bonchev–Trinajstić information content (AvgIpc) is 2.70. The van der Waals surface area contributed by atoms with Gasteiger partial charge in [0.25, 0.3) is 0 Å². The van der Waals surface area contributed by atoms with E-state index in [-0.39, 0.29) is 0 Å². The lowest BCUT2D eigenvalue weighted by Crippen LogP contribution is -1.95. The zero-order valence-corrected chi connectivity index (χ0v) is 7.85. The van der Waals surface area contributed by atoms with Crippen molar-refractivity contribution in [3.8, 4) is 5.69 Å². The minimum absolute atomic E-state index is 0.472. The lowest BCUT2D eigenvalue weighted by molar-refractivity contribution is 0.112. The molecule has 0 unspecified atom stereocenters. The van der Waals surface area contributed by atoms with Crippen molar-refractivity contribution in [2.45, 2.75) is 0 Å².